The minimum atomic E-state index is -0.409. The van der Waals surface area contributed by atoms with E-state index >= 15 is 0 Å². The molecule has 0 bridgehead atoms. The molecule has 0 fully saturated rings. The van der Waals surface area contributed by atoms with Gasteiger partial charge < -0.3 is 10.1 Å². The molecule has 0 aliphatic heterocycles. The summed E-state index contributed by atoms with van der Waals surface area (Å²) in [7, 11) is 1.44. The van der Waals surface area contributed by atoms with Gasteiger partial charge in [-0.2, -0.15) is 0 Å². The highest BCUT2D eigenvalue weighted by molar-refractivity contribution is 5.68. The van der Waals surface area contributed by atoms with Crippen molar-refractivity contribution in [3.63, 3.8) is 0 Å². The second-order valence-corrected chi connectivity index (χ2v) is 4.18. The van der Waals surface area contributed by atoms with Gasteiger partial charge in [0.15, 0.2) is 5.75 Å². The first-order valence-corrected chi connectivity index (χ1v) is 6.19. The number of nitro groups is 1. The van der Waals surface area contributed by atoms with Crippen LogP contribution in [0.4, 0.5) is 11.4 Å². The number of hydrogen-bond acceptors (Lipinski definition) is 4. The zero-order chi connectivity index (χ0) is 13.5. The third kappa shape index (κ3) is 3.35. The summed E-state index contributed by atoms with van der Waals surface area (Å²) in [5.41, 5.74) is 0.525. The molecule has 5 heteroatoms. The molecule has 0 amide bonds. The van der Waals surface area contributed by atoms with Crippen LogP contribution < -0.4 is 10.1 Å². The first-order chi connectivity index (χ1) is 8.63. The second-order valence-electron chi connectivity index (χ2n) is 4.18. The van der Waals surface area contributed by atoms with Gasteiger partial charge in [-0.05, 0) is 18.1 Å². The summed E-state index contributed by atoms with van der Waals surface area (Å²) in [5.74, 6) is 0.811. The number of ether oxygens (including phenoxy) is 1. The van der Waals surface area contributed by atoms with Crippen molar-refractivity contribution >= 4 is 11.4 Å². The minimum absolute atomic E-state index is 0.00551. The molecule has 1 N–H and O–H groups in total. The van der Waals surface area contributed by atoms with E-state index in [0.717, 1.165) is 19.4 Å². The number of benzene rings is 1. The zero-order valence-corrected chi connectivity index (χ0v) is 11.1. The van der Waals surface area contributed by atoms with Crippen LogP contribution >= 0.6 is 0 Å². The van der Waals surface area contributed by atoms with E-state index in [9.17, 15) is 10.1 Å². The van der Waals surface area contributed by atoms with Crippen LogP contribution in [0.25, 0.3) is 0 Å². The molecular weight excluding hydrogens is 232 g/mol. The molecule has 0 atom stereocenters. The van der Waals surface area contributed by atoms with E-state index < -0.39 is 4.92 Å². The van der Waals surface area contributed by atoms with Crippen LogP contribution in [0.3, 0.4) is 0 Å². The molecule has 1 aromatic carbocycles. The number of anilines is 1. The van der Waals surface area contributed by atoms with E-state index in [-0.39, 0.29) is 11.4 Å². The van der Waals surface area contributed by atoms with Crippen LogP contribution in [0.2, 0.25) is 0 Å². The van der Waals surface area contributed by atoms with Crippen LogP contribution in [-0.2, 0) is 0 Å². The number of hydrogen-bond donors (Lipinski definition) is 1. The Balaban J connectivity index is 2.91. The average molecular weight is 252 g/mol. The van der Waals surface area contributed by atoms with Crippen molar-refractivity contribution in [2.24, 2.45) is 5.92 Å². The van der Waals surface area contributed by atoms with Gasteiger partial charge in [-0.1, -0.05) is 32.8 Å². The second kappa shape index (κ2) is 6.83. The monoisotopic (exact) mass is 252 g/mol. The van der Waals surface area contributed by atoms with Gasteiger partial charge in [-0.15, -0.1) is 0 Å². The van der Waals surface area contributed by atoms with Gasteiger partial charge in [0.25, 0.3) is 0 Å². The normalized spacial score (nSPS) is 10.4. The van der Waals surface area contributed by atoms with E-state index in [1.54, 1.807) is 18.2 Å². The van der Waals surface area contributed by atoms with Crippen LogP contribution in [0.15, 0.2) is 18.2 Å². The fraction of sp³-hybridized carbons (Fsp3) is 0.538. The maximum absolute atomic E-state index is 11.1. The van der Waals surface area contributed by atoms with Gasteiger partial charge in [0.05, 0.1) is 12.0 Å². The van der Waals surface area contributed by atoms with Gasteiger partial charge in [0, 0.05) is 6.54 Å². The first-order valence-electron chi connectivity index (χ1n) is 6.19. The van der Waals surface area contributed by atoms with Gasteiger partial charge in [-0.25, -0.2) is 0 Å². The van der Waals surface area contributed by atoms with E-state index in [1.807, 2.05) is 0 Å². The predicted molar refractivity (Wildman–Crippen MR) is 72.2 cm³/mol. The minimum Gasteiger partial charge on any atom is -0.490 e. The molecule has 100 valence electrons. The molecule has 0 aliphatic rings. The van der Waals surface area contributed by atoms with Gasteiger partial charge >= 0.3 is 5.69 Å². The molecular formula is C13H20N2O3. The number of rotatable bonds is 7. The summed E-state index contributed by atoms with van der Waals surface area (Å²) in [6.07, 6.45) is 2.11. The third-order valence-corrected chi connectivity index (χ3v) is 3.14. The third-order valence-electron chi connectivity index (χ3n) is 3.14. The van der Waals surface area contributed by atoms with Crippen molar-refractivity contribution in [1.82, 2.24) is 0 Å². The summed E-state index contributed by atoms with van der Waals surface area (Å²) in [6.45, 7) is 4.98. The smallest absolute Gasteiger partial charge is 0.333 e. The fourth-order valence-corrected chi connectivity index (χ4v) is 1.85. The average Bonchev–Trinajstić information content (AvgIpc) is 2.39. The molecule has 0 aliphatic carbocycles. The largest absolute Gasteiger partial charge is 0.490 e. The summed E-state index contributed by atoms with van der Waals surface area (Å²) >= 11 is 0. The van der Waals surface area contributed by atoms with Crippen LogP contribution in [0, 0.1) is 16.0 Å². The molecule has 1 rings (SSSR count). The maximum Gasteiger partial charge on any atom is 0.333 e. The highest BCUT2D eigenvalue weighted by Crippen LogP contribution is 2.34. The molecule has 0 saturated carbocycles. The van der Waals surface area contributed by atoms with E-state index in [1.165, 1.54) is 7.11 Å². The first kappa shape index (κ1) is 14.3. The van der Waals surface area contributed by atoms with Crippen molar-refractivity contribution in [3.8, 4) is 5.75 Å². The Kier molecular flexibility index (Phi) is 5.42. The molecule has 1 aromatic rings. The van der Waals surface area contributed by atoms with Gasteiger partial charge in [0.1, 0.15) is 5.69 Å². The SMILES string of the molecule is CCC(CC)CNc1cccc(OC)c1[N+](=O)[O-]. The summed E-state index contributed by atoms with van der Waals surface area (Å²) in [6, 6.07) is 5.06. The summed E-state index contributed by atoms with van der Waals surface area (Å²) < 4.78 is 5.03. The Bertz CT molecular complexity index is 403. The van der Waals surface area contributed by atoms with E-state index in [4.69, 9.17) is 4.74 Å². The molecule has 0 saturated heterocycles. The van der Waals surface area contributed by atoms with Crippen molar-refractivity contribution < 1.29 is 9.66 Å². The fourth-order valence-electron chi connectivity index (χ4n) is 1.85. The van der Waals surface area contributed by atoms with Crippen molar-refractivity contribution in [2.75, 3.05) is 19.0 Å². The van der Waals surface area contributed by atoms with E-state index in [2.05, 4.69) is 19.2 Å². The van der Waals surface area contributed by atoms with E-state index in [0.29, 0.717) is 11.6 Å². The zero-order valence-electron chi connectivity index (χ0n) is 11.1. The number of methoxy groups -OCH3 is 1. The summed E-state index contributed by atoms with van der Waals surface area (Å²) in [5, 5.41) is 14.2. The Labute approximate surface area is 107 Å². The number of nitro benzene ring substituents is 1. The molecule has 5 nitrogen and oxygen atoms in total. The van der Waals surface area contributed by atoms with Crippen molar-refractivity contribution in [1.29, 1.82) is 0 Å². The molecule has 0 aromatic heterocycles. The lowest BCUT2D eigenvalue weighted by Gasteiger charge is -2.15. The lowest BCUT2D eigenvalue weighted by atomic mass is 10.0. The van der Waals surface area contributed by atoms with Crippen molar-refractivity contribution in [3.05, 3.63) is 28.3 Å². The highest BCUT2D eigenvalue weighted by Gasteiger charge is 2.20. The number of para-hydroxylation sites is 1. The molecule has 0 unspecified atom stereocenters. The Morgan fingerprint density at radius 3 is 2.56 bits per heavy atom. The molecule has 18 heavy (non-hydrogen) atoms. The van der Waals surface area contributed by atoms with Crippen LogP contribution in [0.5, 0.6) is 5.75 Å². The number of nitrogens with one attached hydrogen (secondary N) is 1. The highest BCUT2D eigenvalue weighted by atomic mass is 16.6. The molecule has 0 radical (unpaired) electrons. The Morgan fingerprint density at radius 1 is 1.39 bits per heavy atom. The molecule has 0 heterocycles. The quantitative estimate of drug-likeness (QED) is 0.596. The molecule has 0 spiro atoms. The topological polar surface area (TPSA) is 64.4 Å². The van der Waals surface area contributed by atoms with Gasteiger partial charge in [0.2, 0.25) is 0 Å². The van der Waals surface area contributed by atoms with Crippen LogP contribution in [0.1, 0.15) is 26.7 Å². The van der Waals surface area contributed by atoms with Crippen LogP contribution in [-0.4, -0.2) is 18.6 Å². The Hall–Kier alpha value is -1.78. The predicted octanol–water partition coefficient (Wildman–Crippen LogP) is 3.45. The number of nitrogens with zero attached hydrogens (tertiary/aromatic N) is 1. The Morgan fingerprint density at radius 2 is 2.06 bits per heavy atom. The lowest BCUT2D eigenvalue weighted by Crippen LogP contribution is -2.13. The standard InChI is InChI=1S/C13H20N2O3/c1-4-10(5-2)9-14-11-7-6-8-12(18-3)13(11)15(16)17/h6-8,10,14H,4-5,9H2,1-3H3. The van der Waals surface area contributed by atoms with Crippen molar-refractivity contribution in [2.45, 2.75) is 26.7 Å². The summed E-state index contributed by atoms with van der Waals surface area (Å²) in [4.78, 5) is 10.7. The van der Waals surface area contributed by atoms with Gasteiger partial charge in [-0.3, -0.25) is 10.1 Å². The lowest BCUT2D eigenvalue weighted by molar-refractivity contribution is -0.384. The maximum atomic E-state index is 11.1.